The van der Waals surface area contributed by atoms with E-state index in [1.165, 1.54) is 17.1 Å². The fraction of sp³-hybridized carbons (Fsp3) is 0.625. The van der Waals surface area contributed by atoms with Crippen molar-refractivity contribution < 1.29 is 33.8 Å². The van der Waals surface area contributed by atoms with Crippen molar-refractivity contribution >= 4 is 24.1 Å². The van der Waals surface area contributed by atoms with Crippen LogP contribution in [0.15, 0.2) is 12.2 Å². The lowest BCUT2D eigenvalue weighted by molar-refractivity contribution is -0.142. The van der Waals surface area contributed by atoms with Crippen molar-refractivity contribution in [3.63, 3.8) is 0 Å². The number of nitrogens with zero attached hydrogens (tertiary/aromatic N) is 2. The van der Waals surface area contributed by atoms with E-state index in [0.29, 0.717) is 4.90 Å². The average Bonchev–Trinajstić information content (AvgIpc) is 2.46. The number of hydrogen-bond donors (Lipinski definition) is 1. The van der Waals surface area contributed by atoms with Gasteiger partial charge in [-0.25, -0.2) is 14.4 Å². The van der Waals surface area contributed by atoms with Gasteiger partial charge in [0.25, 0.3) is 0 Å². The lowest BCUT2D eigenvalue weighted by atomic mass is 10.1. The zero-order valence-electron chi connectivity index (χ0n) is 15.4. The van der Waals surface area contributed by atoms with E-state index in [1.54, 1.807) is 34.9 Å². The maximum Gasteiger partial charge on any atom is 0.420 e. The largest absolute Gasteiger partial charge is 0.480 e. The topological polar surface area (TPSA) is 113 Å². The normalized spacial score (nSPS) is 12.4. The van der Waals surface area contributed by atoms with Crippen molar-refractivity contribution in [3.8, 4) is 0 Å². The highest BCUT2D eigenvalue weighted by Crippen LogP contribution is 2.16. The maximum absolute atomic E-state index is 12.2. The van der Waals surface area contributed by atoms with Crippen LogP contribution in [0.4, 0.5) is 9.59 Å². The summed E-state index contributed by atoms with van der Waals surface area (Å²) in [5.41, 5.74) is -0.912. The van der Waals surface area contributed by atoms with E-state index in [0.717, 1.165) is 7.11 Å². The van der Waals surface area contributed by atoms with E-state index >= 15 is 0 Å². The SMILES string of the molecule is COC(=O)N(C(=O)OC(C)(C)C)[C@@H](CC/C=C/C(=O)N(C)C)C(=O)O. The Balaban J connectivity index is 5.24. The lowest BCUT2D eigenvalue weighted by Gasteiger charge is -2.28. The van der Waals surface area contributed by atoms with Crippen molar-refractivity contribution in [1.29, 1.82) is 0 Å². The standard InChI is InChI=1S/C16H26N2O7/c1-16(2,3)25-15(23)18(14(22)24-6)11(13(20)21)9-7-8-10-12(19)17(4)5/h8,10-11H,7,9H2,1-6H3,(H,20,21)/b10-8+/t11-/m0/s1. The molecule has 9 nitrogen and oxygen atoms in total. The Labute approximate surface area is 147 Å². The van der Waals surface area contributed by atoms with Crippen LogP contribution in [0.3, 0.4) is 0 Å². The van der Waals surface area contributed by atoms with Gasteiger partial charge in [-0.3, -0.25) is 4.79 Å². The van der Waals surface area contributed by atoms with Crippen molar-refractivity contribution in [3.05, 3.63) is 12.2 Å². The molecule has 0 rings (SSSR count). The van der Waals surface area contributed by atoms with Crippen LogP contribution in [-0.2, 0) is 19.1 Å². The van der Waals surface area contributed by atoms with E-state index in [-0.39, 0.29) is 18.7 Å². The lowest BCUT2D eigenvalue weighted by Crippen LogP contribution is -2.50. The number of carboxylic acid groups (broad SMARTS) is 1. The third-order valence-corrected chi connectivity index (χ3v) is 2.87. The number of amides is 3. The molecule has 25 heavy (non-hydrogen) atoms. The fourth-order valence-corrected chi connectivity index (χ4v) is 1.69. The second kappa shape index (κ2) is 9.65. The Bertz CT molecular complexity index is 535. The van der Waals surface area contributed by atoms with Crippen LogP contribution in [0.25, 0.3) is 0 Å². The zero-order chi connectivity index (χ0) is 19.8. The third-order valence-electron chi connectivity index (χ3n) is 2.87. The summed E-state index contributed by atoms with van der Waals surface area (Å²) in [7, 11) is 4.19. The smallest absolute Gasteiger partial charge is 0.420 e. The van der Waals surface area contributed by atoms with Crippen LogP contribution >= 0.6 is 0 Å². The molecule has 0 spiro atoms. The summed E-state index contributed by atoms with van der Waals surface area (Å²) in [5, 5.41) is 9.38. The van der Waals surface area contributed by atoms with Crippen molar-refractivity contribution in [2.45, 2.75) is 45.3 Å². The molecule has 1 atom stereocenters. The van der Waals surface area contributed by atoms with Gasteiger partial charge in [-0.1, -0.05) is 6.08 Å². The quantitative estimate of drug-likeness (QED) is 0.721. The molecule has 0 aliphatic rings. The molecule has 0 heterocycles. The molecular weight excluding hydrogens is 332 g/mol. The third kappa shape index (κ3) is 8.18. The number of rotatable bonds is 6. The van der Waals surface area contributed by atoms with Crippen molar-refractivity contribution in [2.75, 3.05) is 21.2 Å². The molecule has 142 valence electrons. The molecule has 0 aromatic heterocycles. The van der Waals surface area contributed by atoms with Gasteiger partial charge in [-0.15, -0.1) is 0 Å². The molecule has 3 amide bonds. The molecule has 0 aliphatic heterocycles. The summed E-state index contributed by atoms with van der Waals surface area (Å²) in [5.74, 6) is -1.65. The minimum absolute atomic E-state index is 0.0963. The number of carbonyl (C=O) groups is 4. The zero-order valence-corrected chi connectivity index (χ0v) is 15.4. The molecule has 0 saturated carbocycles. The predicted molar refractivity (Wildman–Crippen MR) is 89.0 cm³/mol. The first-order valence-electron chi connectivity index (χ1n) is 7.61. The molecule has 0 radical (unpaired) electrons. The molecule has 1 N–H and O–H groups in total. The van der Waals surface area contributed by atoms with Crippen molar-refractivity contribution in [1.82, 2.24) is 9.80 Å². The minimum Gasteiger partial charge on any atom is -0.480 e. The Morgan fingerprint density at radius 1 is 1.12 bits per heavy atom. The molecule has 0 bridgehead atoms. The summed E-state index contributed by atoms with van der Waals surface area (Å²) in [6.45, 7) is 4.77. The van der Waals surface area contributed by atoms with Gasteiger partial charge in [0.05, 0.1) is 7.11 Å². The molecule has 0 aromatic carbocycles. The highest BCUT2D eigenvalue weighted by Gasteiger charge is 2.38. The molecule has 0 unspecified atom stereocenters. The number of allylic oxidation sites excluding steroid dienone is 1. The Morgan fingerprint density at radius 3 is 2.08 bits per heavy atom. The molecule has 0 fully saturated rings. The monoisotopic (exact) mass is 358 g/mol. The van der Waals surface area contributed by atoms with Gasteiger partial charge in [0.2, 0.25) is 5.91 Å². The van der Waals surface area contributed by atoms with Gasteiger partial charge in [-0.2, -0.15) is 4.90 Å². The van der Waals surface area contributed by atoms with E-state index < -0.39 is 29.8 Å². The number of likely N-dealkylation sites (N-methyl/N-ethyl adjacent to an activating group) is 1. The average molecular weight is 358 g/mol. The van der Waals surface area contributed by atoms with Gasteiger partial charge in [-0.05, 0) is 39.7 Å². The number of hydrogen-bond acceptors (Lipinski definition) is 6. The first-order valence-corrected chi connectivity index (χ1v) is 7.61. The number of aliphatic carboxylic acids is 1. The summed E-state index contributed by atoms with van der Waals surface area (Å²) < 4.78 is 9.57. The first kappa shape index (κ1) is 22.4. The number of ether oxygens (including phenoxy) is 2. The predicted octanol–water partition coefficient (Wildman–Crippen LogP) is 1.87. The van der Waals surface area contributed by atoms with Gasteiger partial charge >= 0.3 is 18.2 Å². The summed E-state index contributed by atoms with van der Waals surface area (Å²) >= 11 is 0. The Kier molecular flexibility index (Phi) is 8.66. The number of imide groups is 1. The first-order chi connectivity index (χ1) is 11.4. The second-order valence-corrected chi connectivity index (χ2v) is 6.39. The van der Waals surface area contributed by atoms with Gasteiger partial charge in [0.1, 0.15) is 11.6 Å². The maximum atomic E-state index is 12.2. The Morgan fingerprint density at radius 2 is 1.68 bits per heavy atom. The van der Waals surface area contributed by atoms with E-state index in [4.69, 9.17) is 4.74 Å². The Hall–Kier alpha value is -2.58. The van der Waals surface area contributed by atoms with E-state index in [2.05, 4.69) is 4.74 Å². The molecular formula is C16H26N2O7. The molecule has 9 heteroatoms. The summed E-state index contributed by atoms with van der Waals surface area (Å²) in [4.78, 5) is 48.8. The van der Waals surface area contributed by atoms with Crippen LogP contribution in [0.2, 0.25) is 0 Å². The highest BCUT2D eigenvalue weighted by molar-refractivity contribution is 5.93. The number of carbonyl (C=O) groups excluding carboxylic acids is 3. The van der Waals surface area contributed by atoms with Crippen LogP contribution in [-0.4, -0.2) is 71.8 Å². The van der Waals surface area contributed by atoms with Crippen LogP contribution in [0, 0.1) is 0 Å². The van der Waals surface area contributed by atoms with E-state index in [9.17, 15) is 24.3 Å². The van der Waals surface area contributed by atoms with Crippen LogP contribution in [0.1, 0.15) is 33.6 Å². The van der Waals surface area contributed by atoms with E-state index in [1.807, 2.05) is 0 Å². The number of methoxy groups -OCH3 is 1. The second-order valence-electron chi connectivity index (χ2n) is 6.39. The van der Waals surface area contributed by atoms with Crippen molar-refractivity contribution in [2.24, 2.45) is 0 Å². The molecule has 0 aliphatic carbocycles. The van der Waals surface area contributed by atoms with Gasteiger partial charge in [0, 0.05) is 14.1 Å². The molecule has 0 aromatic rings. The van der Waals surface area contributed by atoms with Crippen LogP contribution < -0.4 is 0 Å². The number of carboxylic acids is 1. The minimum atomic E-state index is -1.48. The van der Waals surface area contributed by atoms with Crippen LogP contribution in [0.5, 0.6) is 0 Å². The summed E-state index contributed by atoms with van der Waals surface area (Å²) in [6, 6.07) is -1.48. The summed E-state index contributed by atoms with van der Waals surface area (Å²) in [6.07, 6.45) is 0.584. The molecule has 0 saturated heterocycles. The fourth-order valence-electron chi connectivity index (χ4n) is 1.69. The van der Waals surface area contributed by atoms with Gasteiger partial charge < -0.3 is 19.5 Å². The highest BCUT2D eigenvalue weighted by atomic mass is 16.6. The van der Waals surface area contributed by atoms with Gasteiger partial charge in [0.15, 0.2) is 0 Å².